The molecule has 2 aromatic carbocycles. The largest absolute Gasteiger partial charge is 0.493 e. The summed E-state index contributed by atoms with van der Waals surface area (Å²) in [6.07, 6.45) is 1.61. The Morgan fingerprint density at radius 3 is 2.52 bits per heavy atom. The van der Waals surface area contributed by atoms with Gasteiger partial charge in [0.2, 0.25) is 5.90 Å². The summed E-state index contributed by atoms with van der Waals surface area (Å²) in [6, 6.07) is 10.5. The van der Waals surface area contributed by atoms with Gasteiger partial charge < -0.3 is 14.2 Å². The van der Waals surface area contributed by atoms with Crippen molar-refractivity contribution in [3.63, 3.8) is 0 Å². The molecule has 0 atom stereocenters. The number of hydrogen-bond donors (Lipinski definition) is 0. The quantitative estimate of drug-likeness (QED) is 0.539. The molecule has 128 valence electrons. The van der Waals surface area contributed by atoms with Crippen LogP contribution in [-0.4, -0.2) is 26.1 Å². The maximum atomic E-state index is 12.1. The summed E-state index contributed by atoms with van der Waals surface area (Å²) in [5.74, 6) is 0.750. The highest BCUT2D eigenvalue weighted by atomic mass is 79.9. The van der Waals surface area contributed by atoms with E-state index in [1.165, 1.54) is 0 Å². The minimum absolute atomic E-state index is 0.169. The van der Waals surface area contributed by atoms with Crippen molar-refractivity contribution < 1.29 is 19.0 Å². The lowest BCUT2D eigenvalue weighted by Gasteiger charge is -2.09. The van der Waals surface area contributed by atoms with E-state index in [0.29, 0.717) is 27.6 Å². The number of ether oxygens (including phenoxy) is 3. The monoisotopic (exact) mass is 421 g/mol. The summed E-state index contributed by atoms with van der Waals surface area (Å²) in [5, 5.41) is 0.461. The molecule has 2 aromatic rings. The summed E-state index contributed by atoms with van der Waals surface area (Å²) < 4.78 is 16.5. The first-order valence-electron chi connectivity index (χ1n) is 7.22. The Labute approximate surface area is 158 Å². The van der Waals surface area contributed by atoms with Crippen LogP contribution >= 0.6 is 27.5 Å². The second kappa shape index (κ2) is 7.29. The molecule has 0 aliphatic carbocycles. The molecule has 0 aromatic heterocycles. The van der Waals surface area contributed by atoms with E-state index in [0.717, 1.165) is 4.47 Å². The SMILES string of the molecule is COc1cc(Br)c(C=C2N=C(c3ccccc3Cl)OC2=O)cc1OC. The Hall–Kier alpha value is -2.31. The van der Waals surface area contributed by atoms with E-state index in [9.17, 15) is 4.79 Å². The van der Waals surface area contributed by atoms with Crippen LogP contribution in [0.15, 0.2) is 51.6 Å². The first-order chi connectivity index (χ1) is 12.0. The molecule has 5 nitrogen and oxygen atoms in total. The van der Waals surface area contributed by atoms with Gasteiger partial charge in [-0.1, -0.05) is 39.7 Å². The number of benzene rings is 2. The van der Waals surface area contributed by atoms with Crippen molar-refractivity contribution in [2.45, 2.75) is 0 Å². The molecule has 0 N–H and O–H groups in total. The zero-order chi connectivity index (χ0) is 18.0. The van der Waals surface area contributed by atoms with Gasteiger partial charge in [-0.05, 0) is 35.9 Å². The van der Waals surface area contributed by atoms with Crippen LogP contribution in [0.25, 0.3) is 6.08 Å². The number of cyclic esters (lactones) is 1. The maximum Gasteiger partial charge on any atom is 0.363 e. The first-order valence-corrected chi connectivity index (χ1v) is 8.39. The average Bonchev–Trinajstić information content (AvgIpc) is 2.97. The summed E-state index contributed by atoms with van der Waals surface area (Å²) in [5.41, 5.74) is 1.43. The molecule has 3 rings (SSSR count). The van der Waals surface area contributed by atoms with E-state index >= 15 is 0 Å². The molecule has 1 heterocycles. The molecule has 1 aliphatic rings. The molecule has 0 saturated carbocycles. The third-order valence-electron chi connectivity index (χ3n) is 3.52. The Kier molecular flexibility index (Phi) is 5.11. The first kappa shape index (κ1) is 17.5. The van der Waals surface area contributed by atoms with Gasteiger partial charge in [-0.3, -0.25) is 0 Å². The van der Waals surface area contributed by atoms with Gasteiger partial charge in [-0.25, -0.2) is 9.79 Å². The van der Waals surface area contributed by atoms with Crippen LogP contribution < -0.4 is 9.47 Å². The lowest BCUT2D eigenvalue weighted by molar-refractivity contribution is -0.129. The van der Waals surface area contributed by atoms with Crippen LogP contribution in [0.5, 0.6) is 11.5 Å². The predicted octanol–water partition coefficient (Wildman–Crippen LogP) is 4.46. The standard InChI is InChI=1S/C18H13BrClNO4/c1-23-15-8-10(12(19)9-16(15)24-2)7-14-18(22)25-17(21-14)11-5-3-4-6-13(11)20/h3-9H,1-2H3. The highest BCUT2D eigenvalue weighted by molar-refractivity contribution is 9.10. The fraction of sp³-hybridized carbons (Fsp3) is 0.111. The van der Waals surface area contributed by atoms with Crippen molar-refractivity contribution in [2.24, 2.45) is 4.99 Å². The molecule has 0 unspecified atom stereocenters. The molecule has 7 heteroatoms. The normalized spacial score (nSPS) is 15.1. The van der Waals surface area contributed by atoms with Gasteiger partial charge in [0.15, 0.2) is 17.2 Å². The van der Waals surface area contributed by atoms with Crippen molar-refractivity contribution in [3.8, 4) is 11.5 Å². The topological polar surface area (TPSA) is 57.1 Å². The van der Waals surface area contributed by atoms with Gasteiger partial charge in [0.05, 0.1) is 24.8 Å². The van der Waals surface area contributed by atoms with E-state index < -0.39 is 5.97 Å². The summed E-state index contributed by atoms with van der Waals surface area (Å²) >= 11 is 9.58. The lowest BCUT2D eigenvalue weighted by atomic mass is 10.1. The third-order valence-corrected chi connectivity index (χ3v) is 4.54. The average molecular weight is 423 g/mol. The number of hydrogen-bond acceptors (Lipinski definition) is 5. The predicted molar refractivity (Wildman–Crippen MR) is 99.3 cm³/mol. The molecule has 0 radical (unpaired) electrons. The smallest absolute Gasteiger partial charge is 0.363 e. The van der Waals surface area contributed by atoms with Crippen molar-refractivity contribution >= 4 is 45.5 Å². The Morgan fingerprint density at radius 1 is 1.16 bits per heavy atom. The minimum atomic E-state index is -0.545. The Balaban J connectivity index is 2.02. The van der Waals surface area contributed by atoms with Crippen LogP contribution in [0, 0.1) is 0 Å². The van der Waals surface area contributed by atoms with E-state index in [1.807, 2.05) is 0 Å². The van der Waals surface area contributed by atoms with Crippen molar-refractivity contribution in [1.29, 1.82) is 0 Å². The van der Waals surface area contributed by atoms with Gasteiger partial charge in [0.1, 0.15) is 0 Å². The number of carbonyl (C=O) groups excluding carboxylic acids is 1. The van der Waals surface area contributed by atoms with E-state index in [4.69, 9.17) is 25.8 Å². The number of esters is 1. The van der Waals surface area contributed by atoms with E-state index in [2.05, 4.69) is 20.9 Å². The molecule has 0 saturated heterocycles. The fourth-order valence-electron chi connectivity index (χ4n) is 2.29. The van der Waals surface area contributed by atoms with Crippen molar-refractivity contribution in [3.05, 3.63) is 62.7 Å². The van der Waals surface area contributed by atoms with Crippen LogP contribution in [-0.2, 0) is 9.53 Å². The van der Waals surface area contributed by atoms with Crippen LogP contribution in [0.3, 0.4) is 0 Å². The Morgan fingerprint density at radius 2 is 1.84 bits per heavy atom. The number of methoxy groups -OCH3 is 2. The highest BCUT2D eigenvalue weighted by Gasteiger charge is 2.25. The number of halogens is 2. The third kappa shape index (κ3) is 3.55. The second-order valence-electron chi connectivity index (χ2n) is 5.04. The second-order valence-corrected chi connectivity index (χ2v) is 6.31. The van der Waals surface area contributed by atoms with Crippen LogP contribution in [0.1, 0.15) is 11.1 Å². The van der Waals surface area contributed by atoms with E-state index in [-0.39, 0.29) is 11.6 Å². The molecular weight excluding hydrogens is 410 g/mol. The number of aliphatic imine (C=N–C) groups is 1. The number of nitrogens with zero attached hydrogens (tertiary/aromatic N) is 1. The van der Waals surface area contributed by atoms with Crippen molar-refractivity contribution in [1.82, 2.24) is 0 Å². The van der Waals surface area contributed by atoms with Gasteiger partial charge >= 0.3 is 5.97 Å². The number of carbonyl (C=O) groups is 1. The van der Waals surface area contributed by atoms with Crippen LogP contribution in [0.2, 0.25) is 5.02 Å². The van der Waals surface area contributed by atoms with Gasteiger partial charge in [0, 0.05) is 4.47 Å². The fourth-order valence-corrected chi connectivity index (χ4v) is 2.94. The lowest BCUT2D eigenvalue weighted by Crippen LogP contribution is -2.05. The van der Waals surface area contributed by atoms with Crippen molar-refractivity contribution in [2.75, 3.05) is 14.2 Å². The molecule has 0 amide bonds. The van der Waals surface area contributed by atoms with Crippen LogP contribution in [0.4, 0.5) is 0 Å². The molecule has 1 aliphatic heterocycles. The molecule has 0 fully saturated rings. The summed E-state index contributed by atoms with van der Waals surface area (Å²) in [7, 11) is 3.09. The maximum absolute atomic E-state index is 12.1. The van der Waals surface area contributed by atoms with Gasteiger partial charge in [0.25, 0.3) is 0 Å². The summed E-state index contributed by atoms with van der Waals surface area (Å²) in [4.78, 5) is 16.4. The number of rotatable bonds is 4. The van der Waals surface area contributed by atoms with Gasteiger partial charge in [-0.15, -0.1) is 0 Å². The zero-order valence-electron chi connectivity index (χ0n) is 13.4. The van der Waals surface area contributed by atoms with Gasteiger partial charge in [-0.2, -0.15) is 0 Å². The zero-order valence-corrected chi connectivity index (χ0v) is 15.7. The molecule has 0 spiro atoms. The molecule has 0 bridgehead atoms. The molecular formula is C18H13BrClNO4. The molecule has 25 heavy (non-hydrogen) atoms. The van der Waals surface area contributed by atoms with E-state index in [1.54, 1.807) is 56.7 Å². The Bertz CT molecular complexity index is 908. The minimum Gasteiger partial charge on any atom is -0.493 e. The summed E-state index contributed by atoms with van der Waals surface area (Å²) in [6.45, 7) is 0. The highest BCUT2D eigenvalue weighted by Crippen LogP contribution is 2.35.